The first-order valence-corrected chi connectivity index (χ1v) is 8.15. The zero-order valence-corrected chi connectivity index (χ0v) is 12.7. The third kappa shape index (κ3) is 3.12. The van der Waals surface area contributed by atoms with Crippen molar-refractivity contribution >= 4 is 16.8 Å². The molecule has 3 nitrogen and oxygen atoms in total. The molecular formula is C18H24N2O. The van der Waals surface area contributed by atoms with E-state index in [1.54, 1.807) is 0 Å². The number of aromatic nitrogens is 1. The molecule has 1 aliphatic carbocycles. The lowest BCUT2D eigenvalue weighted by atomic mass is 9.83. The van der Waals surface area contributed by atoms with E-state index in [1.165, 1.54) is 25.7 Å². The van der Waals surface area contributed by atoms with Crippen molar-refractivity contribution < 1.29 is 4.79 Å². The monoisotopic (exact) mass is 284 g/mol. The van der Waals surface area contributed by atoms with E-state index in [0.29, 0.717) is 6.04 Å². The molecule has 1 fully saturated rings. The number of H-pyrrole nitrogens is 1. The van der Waals surface area contributed by atoms with E-state index in [1.807, 2.05) is 30.5 Å². The van der Waals surface area contributed by atoms with E-state index in [9.17, 15) is 4.79 Å². The summed E-state index contributed by atoms with van der Waals surface area (Å²) in [5.41, 5.74) is 1.80. The number of fused-ring (bicyclic) bond motifs is 1. The Balaban J connectivity index is 1.63. The van der Waals surface area contributed by atoms with E-state index in [2.05, 4.69) is 17.2 Å². The van der Waals surface area contributed by atoms with Crippen LogP contribution in [-0.4, -0.2) is 16.9 Å². The molecule has 112 valence electrons. The number of benzene rings is 1. The Bertz CT molecular complexity index is 608. The number of hydrogen-bond donors (Lipinski definition) is 2. The fraction of sp³-hybridized carbons (Fsp3) is 0.500. The van der Waals surface area contributed by atoms with Crippen LogP contribution in [0.15, 0.2) is 30.5 Å². The summed E-state index contributed by atoms with van der Waals surface area (Å²) in [4.78, 5) is 15.7. The molecule has 3 rings (SSSR count). The number of carbonyl (C=O) groups is 1. The first kappa shape index (κ1) is 14.2. The highest BCUT2D eigenvalue weighted by Crippen LogP contribution is 2.28. The molecule has 2 aromatic rings. The van der Waals surface area contributed by atoms with Crippen LogP contribution >= 0.6 is 0 Å². The van der Waals surface area contributed by atoms with Crippen LogP contribution in [0.5, 0.6) is 0 Å². The molecule has 1 aliphatic rings. The van der Waals surface area contributed by atoms with Crippen LogP contribution in [0.3, 0.4) is 0 Å². The Labute approximate surface area is 126 Å². The van der Waals surface area contributed by atoms with Gasteiger partial charge < -0.3 is 10.3 Å². The Kier molecular flexibility index (Phi) is 4.28. The standard InChI is InChI=1S/C18H24N2O/c1-2-4-13-7-9-14(10-8-13)20-18(21)16-5-3-6-17-15(16)11-12-19-17/h3,5-6,11-14,19H,2,4,7-10H2,1H3,(H,20,21). The average Bonchev–Trinajstić information content (AvgIpc) is 2.98. The van der Waals surface area contributed by atoms with Crippen molar-refractivity contribution in [1.82, 2.24) is 10.3 Å². The largest absolute Gasteiger partial charge is 0.361 e. The lowest BCUT2D eigenvalue weighted by Crippen LogP contribution is -2.37. The van der Waals surface area contributed by atoms with Crippen molar-refractivity contribution in [2.45, 2.75) is 51.5 Å². The Morgan fingerprint density at radius 2 is 2.05 bits per heavy atom. The molecule has 2 N–H and O–H groups in total. The number of aromatic amines is 1. The predicted molar refractivity (Wildman–Crippen MR) is 86.4 cm³/mol. The average molecular weight is 284 g/mol. The maximum atomic E-state index is 12.5. The molecule has 1 heterocycles. The molecular weight excluding hydrogens is 260 g/mol. The van der Waals surface area contributed by atoms with Crippen LogP contribution in [0.1, 0.15) is 55.8 Å². The molecule has 0 saturated heterocycles. The van der Waals surface area contributed by atoms with Gasteiger partial charge in [-0.1, -0.05) is 25.8 Å². The number of rotatable bonds is 4. The van der Waals surface area contributed by atoms with Gasteiger partial charge in [-0.25, -0.2) is 0 Å². The maximum absolute atomic E-state index is 12.5. The van der Waals surface area contributed by atoms with E-state index < -0.39 is 0 Å². The number of nitrogens with one attached hydrogen (secondary N) is 2. The highest BCUT2D eigenvalue weighted by molar-refractivity contribution is 6.06. The summed E-state index contributed by atoms with van der Waals surface area (Å²) >= 11 is 0. The zero-order chi connectivity index (χ0) is 14.7. The quantitative estimate of drug-likeness (QED) is 0.866. The summed E-state index contributed by atoms with van der Waals surface area (Å²) in [7, 11) is 0. The molecule has 21 heavy (non-hydrogen) atoms. The normalized spacial score (nSPS) is 22.3. The summed E-state index contributed by atoms with van der Waals surface area (Å²) in [6, 6.07) is 8.17. The topological polar surface area (TPSA) is 44.9 Å². The van der Waals surface area contributed by atoms with Crippen LogP contribution < -0.4 is 5.32 Å². The molecule has 1 aromatic carbocycles. The Hall–Kier alpha value is -1.77. The molecule has 0 atom stereocenters. The van der Waals surface area contributed by atoms with Gasteiger partial charge >= 0.3 is 0 Å². The summed E-state index contributed by atoms with van der Waals surface area (Å²) in [5, 5.41) is 4.24. The molecule has 3 heteroatoms. The SMILES string of the molecule is CCCC1CCC(NC(=O)c2cccc3[nH]ccc23)CC1. The van der Waals surface area contributed by atoms with E-state index in [0.717, 1.165) is 35.2 Å². The van der Waals surface area contributed by atoms with Gasteiger partial charge in [0.2, 0.25) is 0 Å². The molecule has 0 bridgehead atoms. The summed E-state index contributed by atoms with van der Waals surface area (Å²) < 4.78 is 0. The van der Waals surface area contributed by atoms with Gasteiger partial charge in [-0.15, -0.1) is 0 Å². The van der Waals surface area contributed by atoms with E-state index >= 15 is 0 Å². The van der Waals surface area contributed by atoms with Gasteiger partial charge in [-0.2, -0.15) is 0 Å². The lowest BCUT2D eigenvalue weighted by molar-refractivity contribution is 0.0923. The van der Waals surface area contributed by atoms with E-state index in [-0.39, 0.29) is 5.91 Å². The number of hydrogen-bond acceptors (Lipinski definition) is 1. The van der Waals surface area contributed by atoms with Gasteiger partial charge in [0.25, 0.3) is 5.91 Å². The van der Waals surface area contributed by atoms with Crippen LogP contribution in [-0.2, 0) is 0 Å². The van der Waals surface area contributed by atoms with Crippen molar-refractivity contribution in [2.75, 3.05) is 0 Å². The van der Waals surface area contributed by atoms with Gasteiger partial charge in [-0.3, -0.25) is 4.79 Å². The van der Waals surface area contributed by atoms with Gasteiger partial charge in [0.05, 0.1) is 0 Å². The van der Waals surface area contributed by atoms with Gasteiger partial charge in [-0.05, 0) is 49.8 Å². The minimum atomic E-state index is 0.0686. The molecule has 1 aromatic heterocycles. The van der Waals surface area contributed by atoms with Crippen molar-refractivity contribution in [3.63, 3.8) is 0 Å². The Morgan fingerprint density at radius 1 is 1.24 bits per heavy atom. The van der Waals surface area contributed by atoms with Crippen LogP contribution in [0.25, 0.3) is 10.9 Å². The van der Waals surface area contributed by atoms with E-state index in [4.69, 9.17) is 0 Å². The second-order valence-corrected chi connectivity index (χ2v) is 6.22. The lowest BCUT2D eigenvalue weighted by Gasteiger charge is -2.29. The second-order valence-electron chi connectivity index (χ2n) is 6.22. The molecule has 1 amide bonds. The summed E-state index contributed by atoms with van der Waals surface area (Å²) in [5.74, 6) is 0.940. The highest BCUT2D eigenvalue weighted by Gasteiger charge is 2.22. The number of amides is 1. The van der Waals surface area contributed by atoms with Gasteiger partial charge in [0.1, 0.15) is 0 Å². The molecule has 0 aliphatic heterocycles. The smallest absolute Gasteiger partial charge is 0.252 e. The van der Waals surface area contributed by atoms with Gasteiger partial charge in [0, 0.05) is 28.7 Å². The first-order valence-electron chi connectivity index (χ1n) is 8.15. The molecule has 0 unspecified atom stereocenters. The van der Waals surface area contributed by atoms with Crippen LogP contribution in [0.2, 0.25) is 0 Å². The van der Waals surface area contributed by atoms with Crippen LogP contribution in [0.4, 0.5) is 0 Å². The van der Waals surface area contributed by atoms with Crippen molar-refractivity contribution in [2.24, 2.45) is 5.92 Å². The van der Waals surface area contributed by atoms with Gasteiger partial charge in [0.15, 0.2) is 0 Å². The molecule has 1 saturated carbocycles. The fourth-order valence-electron chi connectivity index (χ4n) is 3.55. The van der Waals surface area contributed by atoms with Crippen molar-refractivity contribution in [3.05, 3.63) is 36.0 Å². The maximum Gasteiger partial charge on any atom is 0.252 e. The third-order valence-corrected chi connectivity index (χ3v) is 4.72. The van der Waals surface area contributed by atoms with Crippen molar-refractivity contribution in [3.8, 4) is 0 Å². The minimum Gasteiger partial charge on any atom is -0.361 e. The predicted octanol–water partition coefficient (Wildman–Crippen LogP) is 4.26. The molecule has 0 radical (unpaired) electrons. The minimum absolute atomic E-state index is 0.0686. The molecule has 0 spiro atoms. The summed E-state index contributed by atoms with van der Waals surface area (Å²) in [6.07, 6.45) is 9.26. The zero-order valence-electron chi connectivity index (χ0n) is 12.7. The summed E-state index contributed by atoms with van der Waals surface area (Å²) in [6.45, 7) is 2.26. The van der Waals surface area contributed by atoms with Crippen LogP contribution in [0, 0.1) is 5.92 Å². The number of carbonyl (C=O) groups excluding carboxylic acids is 1. The highest BCUT2D eigenvalue weighted by atomic mass is 16.1. The van der Waals surface area contributed by atoms with Crippen molar-refractivity contribution in [1.29, 1.82) is 0 Å². The third-order valence-electron chi connectivity index (χ3n) is 4.72. The first-order chi connectivity index (χ1) is 10.3. The second kappa shape index (κ2) is 6.33. The fourth-order valence-corrected chi connectivity index (χ4v) is 3.55. The Morgan fingerprint density at radius 3 is 2.81 bits per heavy atom.